The van der Waals surface area contributed by atoms with Crippen LogP contribution < -0.4 is 10.6 Å². The number of imidazole rings is 1. The fraction of sp³-hybridized carbons (Fsp3) is 0.348. The van der Waals surface area contributed by atoms with Gasteiger partial charge >= 0.3 is 0 Å². The van der Waals surface area contributed by atoms with Crippen LogP contribution in [0, 0.1) is 12.3 Å². The summed E-state index contributed by atoms with van der Waals surface area (Å²) in [6.45, 7) is 7.85. The number of rotatable bonds is 7. The van der Waals surface area contributed by atoms with Crippen LogP contribution in [0.4, 0.5) is 0 Å². The van der Waals surface area contributed by atoms with E-state index in [1.54, 1.807) is 13.2 Å². The minimum absolute atomic E-state index is 0. The number of guanidine groups is 1. The van der Waals surface area contributed by atoms with Crippen LogP contribution in [-0.2, 0) is 13.0 Å². The van der Waals surface area contributed by atoms with E-state index in [1.165, 1.54) is 5.56 Å². The summed E-state index contributed by atoms with van der Waals surface area (Å²) in [4.78, 5) is 13.1. The number of hydrogen-bond donors (Lipinski definition) is 2. The molecule has 0 atom stereocenters. The van der Waals surface area contributed by atoms with Gasteiger partial charge in [-0.25, -0.2) is 9.97 Å². The summed E-state index contributed by atoms with van der Waals surface area (Å²) in [6.07, 6.45) is 6.48. The Bertz CT molecular complexity index is 997. The number of nitrogens with zero attached hydrogens (tertiary/aromatic N) is 4. The third-order valence-corrected chi connectivity index (χ3v) is 5.11. The molecule has 0 spiro atoms. The normalized spacial score (nSPS) is 11.7. The van der Waals surface area contributed by atoms with Crippen LogP contribution in [0.5, 0.6) is 0 Å². The standard InChI is InChI=1S/C23H29ClN6.HI/c1-17-26-10-11-30(17)21-9-8-19(14-27-21)15-28-22(25-4)29-16-23(2,3)13-18-6-5-7-20(24)12-18;/h5-12,14H,13,15-16H2,1-4H3,(H2,25,28,29);1H. The average Bonchev–Trinajstić information content (AvgIpc) is 3.14. The van der Waals surface area contributed by atoms with E-state index in [0.29, 0.717) is 6.54 Å². The molecule has 8 heteroatoms. The number of hydrogen-bond acceptors (Lipinski definition) is 3. The van der Waals surface area contributed by atoms with Gasteiger partial charge in [0.2, 0.25) is 0 Å². The lowest BCUT2D eigenvalue weighted by Crippen LogP contribution is -2.42. The molecule has 0 aliphatic rings. The SMILES string of the molecule is CN=C(NCc1ccc(-n2ccnc2C)nc1)NCC(C)(C)Cc1cccc(Cl)c1.I. The fourth-order valence-corrected chi connectivity index (χ4v) is 3.49. The van der Waals surface area contributed by atoms with Crippen LogP contribution in [0.1, 0.15) is 30.8 Å². The van der Waals surface area contributed by atoms with Crippen LogP contribution in [0.15, 0.2) is 60.0 Å². The Kier molecular flexibility index (Phi) is 9.31. The molecular weight excluding hydrogens is 523 g/mol. The maximum Gasteiger partial charge on any atom is 0.191 e. The lowest BCUT2D eigenvalue weighted by molar-refractivity contribution is 0.359. The number of nitrogens with one attached hydrogen (secondary N) is 2. The highest BCUT2D eigenvalue weighted by Gasteiger charge is 2.19. The Balaban J connectivity index is 0.00000341. The van der Waals surface area contributed by atoms with Gasteiger partial charge < -0.3 is 10.6 Å². The number of aryl methyl sites for hydroxylation is 1. The van der Waals surface area contributed by atoms with E-state index in [9.17, 15) is 0 Å². The maximum atomic E-state index is 6.12. The Labute approximate surface area is 206 Å². The van der Waals surface area contributed by atoms with Gasteiger partial charge in [-0.3, -0.25) is 9.56 Å². The van der Waals surface area contributed by atoms with E-state index >= 15 is 0 Å². The highest BCUT2D eigenvalue weighted by Crippen LogP contribution is 2.22. The maximum absolute atomic E-state index is 6.12. The van der Waals surface area contributed by atoms with Crippen LogP contribution in [0.2, 0.25) is 5.02 Å². The number of pyridine rings is 1. The van der Waals surface area contributed by atoms with Gasteiger partial charge in [0.15, 0.2) is 5.96 Å². The van der Waals surface area contributed by atoms with Crippen molar-refractivity contribution in [3.63, 3.8) is 0 Å². The zero-order valence-corrected chi connectivity index (χ0v) is 21.5. The smallest absolute Gasteiger partial charge is 0.191 e. The van der Waals surface area contributed by atoms with Crippen molar-refractivity contribution in [2.45, 2.75) is 33.7 Å². The van der Waals surface area contributed by atoms with E-state index in [0.717, 1.165) is 41.2 Å². The Morgan fingerprint density at radius 3 is 2.55 bits per heavy atom. The van der Waals surface area contributed by atoms with Crippen molar-refractivity contribution in [2.75, 3.05) is 13.6 Å². The number of halogens is 2. The summed E-state index contributed by atoms with van der Waals surface area (Å²) < 4.78 is 1.96. The Morgan fingerprint density at radius 2 is 1.94 bits per heavy atom. The van der Waals surface area contributed by atoms with Crippen LogP contribution in [0.3, 0.4) is 0 Å². The lowest BCUT2D eigenvalue weighted by atomic mass is 9.86. The van der Waals surface area contributed by atoms with Crippen molar-refractivity contribution in [2.24, 2.45) is 10.4 Å². The van der Waals surface area contributed by atoms with Gasteiger partial charge in [-0.05, 0) is 48.1 Å². The van der Waals surface area contributed by atoms with Gasteiger partial charge in [-0.15, -0.1) is 24.0 Å². The van der Waals surface area contributed by atoms with Crippen molar-refractivity contribution in [3.8, 4) is 5.82 Å². The molecule has 0 bridgehead atoms. The molecule has 2 aromatic heterocycles. The predicted molar refractivity (Wildman–Crippen MR) is 139 cm³/mol. The number of aromatic nitrogens is 3. The zero-order chi connectivity index (χ0) is 21.6. The third-order valence-electron chi connectivity index (χ3n) is 4.87. The summed E-state index contributed by atoms with van der Waals surface area (Å²) in [5.41, 5.74) is 2.36. The van der Waals surface area contributed by atoms with Crippen molar-refractivity contribution >= 4 is 41.5 Å². The summed E-state index contributed by atoms with van der Waals surface area (Å²) in [7, 11) is 1.78. The van der Waals surface area contributed by atoms with Crippen molar-refractivity contribution in [1.82, 2.24) is 25.2 Å². The van der Waals surface area contributed by atoms with Gasteiger partial charge in [0.25, 0.3) is 0 Å². The summed E-state index contributed by atoms with van der Waals surface area (Å²) in [5.74, 6) is 2.54. The average molecular weight is 553 g/mol. The first-order valence-electron chi connectivity index (χ1n) is 10.0. The van der Waals surface area contributed by atoms with E-state index in [4.69, 9.17) is 11.6 Å². The largest absolute Gasteiger partial charge is 0.356 e. The molecule has 31 heavy (non-hydrogen) atoms. The summed E-state index contributed by atoms with van der Waals surface area (Å²) in [6, 6.07) is 12.1. The molecule has 0 radical (unpaired) electrons. The molecule has 6 nitrogen and oxygen atoms in total. The molecule has 2 heterocycles. The number of benzene rings is 1. The molecule has 0 saturated carbocycles. The van der Waals surface area contributed by atoms with Crippen molar-refractivity contribution in [1.29, 1.82) is 0 Å². The predicted octanol–water partition coefficient (Wildman–Crippen LogP) is 4.78. The molecule has 0 aliphatic carbocycles. The van der Waals surface area contributed by atoms with Gasteiger partial charge in [0, 0.05) is 43.8 Å². The zero-order valence-electron chi connectivity index (χ0n) is 18.4. The summed E-state index contributed by atoms with van der Waals surface area (Å²) >= 11 is 6.12. The molecule has 3 rings (SSSR count). The Morgan fingerprint density at radius 1 is 1.13 bits per heavy atom. The molecule has 0 aliphatic heterocycles. The lowest BCUT2D eigenvalue weighted by Gasteiger charge is -2.26. The molecule has 0 fully saturated rings. The van der Waals surface area contributed by atoms with Crippen molar-refractivity contribution in [3.05, 3.63) is 77.0 Å². The molecule has 0 unspecified atom stereocenters. The second-order valence-corrected chi connectivity index (χ2v) is 8.56. The fourth-order valence-electron chi connectivity index (χ4n) is 3.28. The minimum Gasteiger partial charge on any atom is -0.356 e. The molecule has 166 valence electrons. The highest BCUT2D eigenvalue weighted by atomic mass is 127. The van der Waals surface area contributed by atoms with Gasteiger partial charge in [0.1, 0.15) is 11.6 Å². The van der Waals surface area contributed by atoms with Crippen LogP contribution >= 0.6 is 35.6 Å². The molecule has 0 amide bonds. The van der Waals surface area contributed by atoms with Crippen LogP contribution in [-0.4, -0.2) is 34.1 Å². The second-order valence-electron chi connectivity index (χ2n) is 8.12. The van der Waals surface area contributed by atoms with Gasteiger partial charge in [0.05, 0.1) is 0 Å². The van der Waals surface area contributed by atoms with E-state index in [1.807, 2.05) is 48.1 Å². The van der Waals surface area contributed by atoms with E-state index in [-0.39, 0.29) is 29.4 Å². The first-order valence-corrected chi connectivity index (χ1v) is 10.4. The number of aliphatic imine (C=N–C) groups is 1. The molecule has 3 aromatic rings. The quantitative estimate of drug-likeness (QED) is 0.252. The van der Waals surface area contributed by atoms with Crippen molar-refractivity contribution < 1.29 is 0 Å². The van der Waals surface area contributed by atoms with E-state index in [2.05, 4.69) is 51.6 Å². The van der Waals surface area contributed by atoms with Gasteiger partial charge in [-0.1, -0.05) is 43.6 Å². The third kappa shape index (κ3) is 7.50. The monoisotopic (exact) mass is 552 g/mol. The molecule has 2 N–H and O–H groups in total. The van der Waals surface area contributed by atoms with Crippen LogP contribution in [0.25, 0.3) is 5.82 Å². The minimum atomic E-state index is 0. The first kappa shape index (κ1) is 25.1. The molecule has 0 saturated heterocycles. The Hall–Kier alpha value is -2.13. The second kappa shape index (κ2) is 11.5. The first-order chi connectivity index (χ1) is 14.4. The highest BCUT2D eigenvalue weighted by molar-refractivity contribution is 14.0. The summed E-state index contributed by atoms with van der Waals surface area (Å²) in [5, 5.41) is 7.56. The molecule has 1 aromatic carbocycles. The molecular formula is C23H30ClIN6. The van der Waals surface area contributed by atoms with Gasteiger partial charge in [-0.2, -0.15) is 0 Å². The topological polar surface area (TPSA) is 67.1 Å². The van der Waals surface area contributed by atoms with E-state index < -0.39 is 0 Å².